The Kier molecular flexibility index (Phi) is 6.41. The lowest BCUT2D eigenvalue weighted by molar-refractivity contribution is -0.120. The van der Waals surface area contributed by atoms with Gasteiger partial charge in [0.25, 0.3) is 5.91 Å². The van der Waals surface area contributed by atoms with E-state index < -0.39 is 24.4 Å². The Morgan fingerprint density at radius 2 is 1.61 bits per heavy atom. The summed E-state index contributed by atoms with van der Waals surface area (Å²) in [6.45, 7) is 1.96. The number of carbonyl (C=O) groups excluding carboxylic acids is 2. The standard InChI is InChI=1S/C21H24N2O5/c1-13-7-9-14(10-8-13)21(27)22-12-17-20(26)19(25)16(28-17)11-18(24)23-15-5-3-2-4-6-15/h2-10,16-17,19-20,25-26H,11-12H2,1H3,(H,22,27)(H,23,24)/t16-,17+,19-,20+/m0/s1. The summed E-state index contributed by atoms with van der Waals surface area (Å²) in [6.07, 6.45) is -4.13. The minimum absolute atomic E-state index is 0.0295. The zero-order valence-electron chi connectivity index (χ0n) is 15.5. The first-order chi connectivity index (χ1) is 13.4. The van der Waals surface area contributed by atoms with Gasteiger partial charge in [0, 0.05) is 17.8 Å². The van der Waals surface area contributed by atoms with E-state index in [1.165, 1.54) is 0 Å². The number of anilines is 1. The van der Waals surface area contributed by atoms with Crippen molar-refractivity contribution in [2.75, 3.05) is 11.9 Å². The van der Waals surface area contributed by atoms with Gasteiger partial charge in [0.1, 0.15) is 18.3 Å². The zero-order chi connectivity index (χ0) is 20.1. The minimum Gasteiger partial charge on any atom is -0.388 e. The number of benzene rings is 2. The Bertz CT molecular complexity index is 809. The summed E-state index contributed by atoms with van der Waals surface area (Å²) in [5, 5.41) is 25.8. The monoisotopic (exact) mass is 384 g/mol. The van der Waals surface area contributed by atoms with E-state index in [4.69, 9.17) is 4.74 Å². The third-order valence-corrected chi connectivity index (χ3v) is 4.68. The maximum Gasteiger partial charge on any atom is 0.251 e. The molecule has 1 aliphatic rings. The number of aryl methyl sites for hydroxylation is 1. The van der Waals surface area contributed by atoms with Crippen LogP contribution in [0.25, 0.3) is 0 Å². The molecule has 148 valence electrons. The molecule has 2 aromatic rings. The average Bonchev–Trinajstić information content (AvgIpc) is 2.95. The van der Waals surface area contributed by atoms with Crippen molar-refractivity contribution in [2.45, 2.75) is 37.8 Å². The second-order valence-corrected chi connectivity index (χ2v) is 6.89. The number of aliphatic hydroxyl groups excluding tert-OH is 2. The summed E-state index contributed by atoms with van der Waals surface area (Å²) >= 11 is 0. The van der Waals surface area contributed by atoms with Gasteiger partial charge >= 0.3 is 0 Å². The lowest BCUT2D eigenvalue weighted by Gasteiger charge is -2.15. The van der Waals surface area contributed by atoms with Crippen molar-refractivity contribution in [3.8, 4) is 0 Å². The predicted octanol–water partition coefficient (Wildman–Crippen LogP) is 1.24. The molecular formula is C21H24N2O5. The highest BCUT2D eigenvalue weighted by molar-refractivity contribution is 5.94. The van der Waals surface area contributed by atoms with Crippen LogP contribution in [0.5, 0.6) is 0 Å². The number of amides is 2. The Morgan fingerprint density at radius 3 is 2.29 bits per heavy atom. The first-order valence-corrected chi connectivity index (χ1v) is 9.15. The van der Waals surface area contributed by atoms with Crippen molar-refractivity contribution in [1.82, 2.24) is 5.32 Å². The summed E-state index contributed by atoms with van der Waals surface area (Å²) < 4.78 is 5.62. The Hall–Kier alpha value is -2.74. The normalized spacial score (nSPS) is 24.0. The van der Waals surface area contributed by atoms with E-state index in [1.54, 1.807) is 36.4 Å². The maximum atomic E-state index is 12.2. The van der Waals surface area contributed by atoms with Crippen LogP contribution in [-0.2, 0) is 9.53 Å². The summed E-state index contributed by atoms with van der Waals surface area (Å²) in [7, 11) is 0. The van der Waals surface area contributed by atoms with Gasteiger partial charge in [-0.15, -0.1) is 0 Å². The van der Waals surface area contributed by atoms with Crippen molar-refractivity contribution < 1.29 is 24.5 Å². The molecule has 0 radical (unpaired) electrons. The van der Waals surface area contributed by atoms with Gasteiger partial charge in [-0.3, -0.25) is 9.59 Å². The van der Waals surface area contributed by atoms with Crippen LogP contribution in [0.3, 0.4) is 0 Å². The molecule has 1 aliphatic heterocycles. The number of hydrogen-bond acceptors (Lipinski definition) is 5. The molecule has 7 heteroatoms. The van der Waals surface area contributed by atoms with E-state index in [-0.39, 0.29) is 24.8 Å². The van der Waals surface area contributed by atoms with Crippen LogP contribution in [0.2, 0.25) is 0 Å². The molecule has 2 aromatic carbocycles. The van der Waals surface area contributed by atoms with Gasteiger partial charge in [-0.25, -0.2) is 0 Å². The molecule has 0 aromatic heterocycles. The third kappa shape index (κ3) is 4.95. The van der Waals surface area contributed by atoms with Crippen LogP contribution >= 0.6 is 0 Å². The number of hydrogen-bond donors (Lipinski definition) is 4. The highest BCUT2D eigenvalue weighted by Gasteiger charge is 2.43. The molecule has 0 unspecified atom stereocenters. The molecule has 0 spiro atoms. The third-order valence-electron chi connectivity index (χ3n) is 4.68. The molecule has 1 saturated heterocycles. The topological polar surface area (TPSA) is 108 Å². The largest absolute Gasteiger partial charge is 0.388 e. The fraction of sp³-hybridized carbons (Fsp3) is 0.333. The minimum atomic E-state index is -1.21. The van der Waals surface area contributed by atoms with Crippen LogP contribution in [0, 0.1) is 6.92 Å². The molecule has 1 heterocycles. The fourth-order valence-electron chi connectivity index (χ4n) is 3.08. The van der Waals surface area contributed by atoms with E-state index in [0.29, 0.717) is 11.3 Å². The summed E-state index contributed by atoms with van der Waals surface area (Å²) in [4.78, 5) is 24.3. The van der Waals surface area contributed by atoms with Crippen LogP contribution in [0.4, 0.5) is 5.69 Å². The molecule has 28 heavy (non-hydrogen) atoms. The number of aliphatic hydroxyl groups is 2. The Labute approximate surface area is 163 Å². The second-order valence-electron chi connectivity index (χ2n) is 6.89. The van der Waals surface area contributed by atoms with Gasteiger partial charge in [0.15, 0.2) is 0 Å². The Morgan fingerprint density at radius 1 is 0.964 bits per heavy atom. The van der Waals surface area contributed by atoms with Gasteiger partial charge in [0.2, 0.25) is 5.91 Å². The number of ether oxygens (including phenoxy) is 1. The van der Waals surface area contributed by atoms with Gasteiger partial charge in [-0.1, -0.05) is 35.9 Å². The lowest BCUT2D eigenvalue weighted by Crippen LogP contribution is -2.40. The predicted molar refractivity (Wildman–Crippen MR) is 104 cm³/mol. The maximum absolute atomic E-state index is 12.2. The van der Waals surface area contributed by atoms with E-state index in [1.807, 2.05) is 25.1 Å². The van der Waals surface area contributed by atoms with Crippen molar-refractivity contribution in [3.63, 3.8) is 0 Å². The molecule has 7 nitrogen and oxygen atoms in total. The zero-order valence-corrected chi connectivity index (χ0v) is 15.5. The van der Waals surface area contributed by atoms with Gasteiger partial charge < -0.3 is 25.6 Å². The SMILES string of the molecule is Cc1ccc(C(=O)NC[C@H]2O[C@@H](CC(=O)Nc3ccccc3)[C@H](O)[C@@H]2O)cc1. The highest BCUT2D eigenvalue weighted by Crippen LogP contribution is 2.24. The van der Waals surface area contributed by atoms with Crippen molar-refractivity contribution in [2.24, 2.45) is 0 Å². The molecule has 2 amide bonds. The van der Waals surface area contributed by atoms with Crippen LogP contribution in [-0.4, -0.2) is 53.0 Å². The van der Waals surface area contributed by atoms with E-state index in [2.05, 4.69) is 10.6 Å². The number of nitrogens with one attached hydrogen (secondary N) is 2. The number of carbonyl (C=O) groups is 2. The van der Waals surface area contributed by atoms with Crippen LogP contribution < -0.4 is 10.6 Å². The van der Waals surface area contributed by atoms with Crippen molar-refractivity contribution >= 4 is 17.5 Å². The summed E-state index contributed by atoms with van der Waals surface area (Å²) in [5.41, 5.74) is 2.19. The van der Waals surface area contributed by atoms with E-state index in [0.717, 1.165) is 5.56 Å². The highest BCUT2D eigenvalue weighted by atomic mass is 16.5. The molecule has 4 atom stereocenters. The molecular weight excluding hydrogens is 360 g/mol. The molecule has 0 bridgehead atoms. The fourth-order valence-corrected chi connectivity index (χ4v) is 3.08. The molecule has 4 N–H and O–H groups in total. The smallest absolute Gasteiger partial charge is 0.251 e. The molecule has 0 aliphatic carbocycles. The Balaban J connectivity index is 1.51. The summed E-state index contributed by atoms with van der Waals surface area (Å²) in [6, 6.07) is 16.0. The molecule has 0 saturated carbocycles. The lowest BCUT2D eigenvalue weighted by atomic mass is 10.1. The number of para-hydroxylation sites is 1. The van der Waals surface area contributed by atoms with Gasteiger partial charge in [-0.05, 0) is 31.2 Å². The first kappa shape index (κ1) is 20.0. The first-order valence-electron chi connectivity index (χ1n) is 9.15. The van der Waals surface area contributed by atoms with E-state index in [9.17, 15) is 19.8 Å². The van der Waals surface area contributed by atoms with Gasteiger partial charge in [-0.2, -0.15) is 0 Å². The number of rotatable bonds is 6. The second kappa shape index (κ2) is 8.97. The molecule has 3 rings (SSSR count). The van der Waals surface area contributed by atoms with Crippen molar-refractivity contribution in [3.05, 3.63) is 65.7 Å². The van der Waals surface area contributed by atoms with Crippen LogP contribution in [0.1, 0.15) is 22.3 Å². The summed E-state index contributed by atoms with van der Waals surface area (Å²) in [5.74, 6) is -0.623. The van der Waals surface area contributed by atoms with Crippen LogP contribution in [0.15, 0.2) is 54.6 Å². The van der Waals surface area contributed by atoms with E-state index >= 15 is 0 Å². The van der Waals surface area contributed by atoms with Gasteiger partial charge in [0.05, 0.1) is 12.5 Å². The molecule has 1 fully saturated rings. The quantitative estimate of drug-likeness (QED) is 0.599. The van der Waals surface area contributed by atoms with Crippen molar-refractivity contribution in [1.29, 1.82) is 0 Å². The average molecular weight is 384 g/mol.